The lowest BCUT2D eigenvalue weighted by molar-refractivity contribution is -0.122. The molecule has 0 bridgehead atoms. The maximum absolute atomic E-state index is 12.7. The molecule has 2 aromatic carbocycles. The zero-order valence-corrected chi connectivity index (χ0v) is 16.8. The molecule has 2 N–H and O–H groups in total. The number of nitrogens with zero attached hydrogens (tertiary/aromatic N) is 1. The number of benzene rings is 2. The molecule has 2 amide bonds. The van der Waals surface area contributed by atoms with Gasteiger partial charge in [0.1, 0.15) is 0 Å². The van der Waals surface area contributed by atoms with Gasteiger partial charge < -0.3 is 15.2 Å². The zero-order chi connectivity index (χ0) is 20.7. The number of nitrogens with one attached hydrogen (secondary N) is 2. The highest BCUT2D eigenvalue weighted by molar-refractivity contribution is 6.30. The molecule has 4 rings (SSSR count). The third kappa shape index (κ3) is 3.63. The largest absolute Gasteiger partial charge is 0.326 e. The lowest BCUT2D eigenvalue weighted by atomic mass is 10.0. The SMILES string of the molecule is Cc1c(C)c2ccc(NC(=O)C3CC(=O)N(c4ccc(Cl)cc4)C3)cc2[nH]c1=O. The third-order valence-electron chi connectivity index (χ3n) is 5.48. The van der Waals surface area contributed by atoms with Gasteiger partial charge in [-0.1, -0.05) is 17.7 Å². The van der Waals surface area contributed by atoms with Gasteiger partial charge in [0.25, 0.3) is 5.56 Å². The smallest absolute Gasteiger partial charge is 0.251 e. The number of hydrogen-bond donors (Lipinski definition) is 2. The molecule has 148 valence electrons. The Labute approximate surface area is 172 Å². The number of aryl methyl sites for hydroxylation is 1. The molecule has 1 unspecified atom stereocenters. The first-order valence-corrected chi connectivity index (χ1v) is 9.71. The van der Waals surface area contributed by atoms with Crippen LogP contribution in [0.4, 0.5) is 11.4 Å². The summed E-state index contributed by atoms with van der Waals surface area (Å²) in [5.74, 6) is -0.769. The highest BCUT2D eigenvalue weighted by Crippen LogP contribution is 2.28. The molecule has 0 spiro atoms. The Kier molecular flexibility index (Phi) is 4.88. The zero-order valence-electron chi connectivity index (χ0n) is 16.1. The minimum atomic E-state index is -0.451. The van der Waals surface area contributed by atoms with Crippen LogP contribution < -0.4 is 15.8 Å². The van der Waals surface area contributed by atoms with Gasteiger partial charge in [-0.15, -0.1) is 0 Å². The maximum atomic E-state index is 12.7. The minimum absolute atomic E-state index is 0.0959. The molecular formula is C22H20ClN3O3. The fraction of sp³-hybridized carbons (Fsp3) is 0.227. The summed E-state index contributed by atoms with van der Waals surface area (Å²) in [7, 11) is 0. The van der Waals surface area contributed by atoms with Crippen LogP contribution in [0.5, 0.6) is 0 Å². The summed E-state index contributed by atoms with van der Waals surface area (Å²) in [4.78, 5) is 41.6. The molecule has 3 aromatic rings. The number of carbonyl (C=O) groups excluding carboxylic acids is 2. The first-order chi connectivity index (χ1) is 13.8. The van der Waals surface area contributed by atoms with E-state index in [-0.39, 0.29) is 23.8 Å². The standard InChI is InChI=1S/C22H20ClN3O3/c1-12-13(2)21(28)25-19-10-16(5-8-18(12)19)24-22(29)14-9-20(27)26(11-14)17-6-3-15(23)4-7-17/h3-8,10,14H,9,11H2,1-2H3,(H,24,29)(H,25,28). The van der Waals surface area contributed by atoms with Crippen molar-refractivity contribution < 1.29 is 9.59 Å². The number of hydrogen-bond acceptors (Lipinski definition) is 3. The van der Waals surface area contributed by atoms with Crippen molar-refractivity contribution in [2.45, 2.75) is 20.3 Å². The molecule has 6 nitrogen and oxygen atoms in total. The molecule has 2 heterocycles. The average molecular weight is 410 g/mol. The summed E-state index contributed by atoms with van der Waals surface area (Å²) < 4.78 is 0. The van der Waals surface area contributed by atoms with E-state index >= 15 is 0 Å². The van der Waals surface area contributed by atoms with Gasteiger partial charge >= 0.3 is 0 Å². The van der Waals surface area contributed by atoms with Gasteiger partial charge in [0.2, 0.25) is 11.8 Å². The molecule has 1 aromatic heterocycles. The van der Waals surface area contributed by atoms with E-state index in [0.717, 1.165) is 16.6 Å². The van der Waals surface area contributed by atoms with Gasteiger partial charge in [0.15, 0.2) is 0 Å². The van der Waals surface area contributed by atoms with E-state index in [2.05, 4.69) is 10.3 Å². The van der Waals surface area contributed by atoms with Crippen molar-refractivity contribution in [1.82, 2.24) is 4.98 Å². The fourth-order valence-electron chi connectivity index (χ4n) is 3.64. The minimum Gasteiger partial charge on any atom is -0.326 e. The molecule has 1 aliphatic heterocycles. The van der Waals surface area contributed by atoms with Crippen LogP contribution in [-0.2, 0) is 9.59 Å². The van der Waals surface area contributed by atoms with Gasteiger partial charge in [-0.3, -0.25) is 14.4 Å². The molecule has 1 fully saturated rings. The van der Waals surface area contributed by atoms with Gasteiger partial charge in [-0.05, 0) is 55.8 Å². The van der Waals surface area contributed by atoms with E-state index in [1.54, 1.807) is 48.2 Å². The molecule has 1 atom stereocenters. The molecule has 1 aliphatic rings. The number of aromatic nitrogens is 1. The predicted molar refractivity (Wildman–Crippen MR) is 115 cm³/mol. The number of H-pyrrole nitrogens is 1. The fourth-order valence-corrected chi connectivity index (χ4v) is 3.76. The Bertz CT molecular complexity index is 1180. The van der Waals surface area contributed by atoms with Crippen LogP contribution >= 0.6 is 11.6 Å². The van der Waals surface area contributed by atoms with Crippen molar-refractivity contribution in [3.05, 3.63) is 69.0 Å². The molecule has 0 saturated carbocycles. The Hall–Kier alpha value is -3.12. The van der Waals surface area contributed by atoms with Gasteiger partial charge in [-0.2, -0.15) is 0 Å². The second kappa shape index (κ2) is 7.37. The van der Waals surface area contributed by atoms with Gasteiger partial charge in [-0.25, -0.2) is 0 Å². The second-order valence-electron chi connectivity index (χ2n) is 7.34. The van der Waals surface area contributed by atoms with Crippen molar-refractivity contribution in [3.63, 3.8) is 0 Å². The highest BCUT2D eigenvalue weighted by Gasteiger charge is 2.35. The van der Waals surface area contributed by atoms with E-state index in [1.807, 2.05) is 13.0 Å². The van der Waals surface area contributed by atoms with E-state index in [4.69, 9.17) is 11.6 Å². The maximum Gasteiger partial charge on any atom is 0.251 e. The van der Waals surface area contributed by atoms with Crippen LogP contribution in [0.1, 0.15) is 17.5 Å². The monoisotopic (exact) mass is 409 g/mol. The summed E-state index contributed by atoms with van der Waals surface area (Å²) in [6, 6.07) is 12.4. The van der Waals surface area contributed by atoms with E-state index < -0.39 is 5.92 Å². The molecule has 0 radical (unpaired) electrons. The van der Waals surface area contributed by atoms with Crippen LogP contribution in [-0.4, -0.2) is 23.3 Å². The molecule has 7 heteroatoms. The van der Waals surface area contributed by atoms with Crippen molar-refractivity contribution in [2.24, 2.45) is 5.92 Å². The summed E-state index contributed by atoms with van der Waals surface area (Å²) in [6.45, 7) is 4.00. The second-order valence-corrected chi connectivity index (χ2v) is 7.77. The Morgan fingerprint density at radius 3 is 2.55 bits per heavy atom. The molecular weight excluding hydrogens is 390 g/mol. The molecule has 0 aliphatic carbocycles. The average Bonchev–Trinajstić information content (AvgIpc) is 3.08. The van der Waals surface area contributed by atoms with E-state index in [0.29, 0.717) is 28.3 Å². The summed E-state index contributed by atoms with van der Waals surface area (Å²) in [6.07, 6.45) is 0.150. The number of amides is 2. The predicted octanol–water partition coefficient (Wildman–Crippen LogP) is 3.79. The summed E-state index contributed by atoms with van der Waals surface area (Å²) in [5.41, 5.74) is 3.44. The van der Waals surface area contributed by atoms with E-state index in [9.17, 15) is 14.4 Å². The third-order valence-corrected chi connectivity index (χ3v) is 5.73. The summed E-state index contributed by atoms with van der Waals surface area (Å²) in [5, 5.41) is 4.40. The highest BCUT2D eigenvalue weighted by atomic mass is 35.5. The summed E-state index contributed by atoms with van der Waals surface area (Å²) >= 11 is 5.90. The molecule has 29 heavy (non-hydrogen) atoms. The van der Waals surface area contributed by atoms with Gasteiger partial charge in [0.05, 0.1) is 11.4 Å². The number of rotatable bonds is 3. The number of pyridine rings is 1. The number of carbonyl (C=O) groups is 2. The van der Waals surface area contributed by atoms with Gasteiger partial charge in [0, 0.05) is 40.3 Å². The van der Waals surface area contributed by atoms with E-state index in [1.165, 1.54) is 0 Å². The lowest BCUT2D eigenvalue weighted by Crippen LogP contribution is -2.28. The normalized spacial score (nSPS) is 16.4. The van der Waals surface area contributed by atoms with Crippen molar-refractivity contribution >= 4 is 45.7 Å². The number of halogens is 1. The van der Waals surface area contributed by atoms with Crippen LogP contribution in [0.15, 0.2) is 47.3 Å². The Balaban J connectivity index is 1.52. The number of fused-ring (bicyclic) bond motifs is 1. The number of aromatic amines is 1. The quantitative estimate of drug-likeness (QED) is 0.690. The van der Waals surface area contributed by atoms with Crippen LogP contribution in [0.2, 0.25) is 5.02 Å². The van der Waals surface area contributed by atoms with Crippen LogP contribution in [0, 0.1) is 19.8 Å². The Morgan fingerprint density at radius 2 is 1.83 bits per heavy atom. The van der Waals surface area contributed by atoms with Crippen LogP contribution in [0.3, 0.4) is 0 Å². The molecule has 1 saturated heterocycles. The first kappa shape index (κ1) is 19.2. The van der Waals surface area contributed by atoms with Crippen LogP contribution in [0.25, 0.3) is 10.9 Å². The topological polar surface area (TPSA) is 82.3 Å². The first-order valence-electron chi connectivity index (χ1n) is 9.33. The lowest BCUT2D eigenvalue weighted by Gasteiger charge is -2.17. The Morgan fingerprint density at radius 1 is 1.10 bits per heavy atom. The van der Waals surface area contributed by atoms with Crippen molar-refractivity contribution in [1.29, 1.82) is 0 Å². The van der Waals surface area contributed by atoms with Crippen molar-refractivity contribution in [3.8, 4) is 0 Å². The van der Waals surface area contributed by atoms with Crippen molar-refractivity contribution in [2.75, 3.05) is 16.8 Å². The number of anilines is 2.